The molecule has 1 aromatic heterocycles. The Hall–Kier alpha value is -1.80. The fourth-order valence-electron chi connectivity index (χ4n) is 2.35. The van der Waals surface area contributed by atoms with E-state index in [0.29, 0.717) is 5.56 Å². The first-order valence-electron chi connectivity index (χ1n) is 5.98. The first kappa shape index (κ1) is 14.6. The normalized spacial score (nSPS) is 23.4. The molecule has 1 fully saturated rings. The Bertz CT molecular complexity index is 513. The van der Waals surface area contributed by atoms with Gasteiger partial charge in [-0.25, -0.2) is 4.39 Å². The zero-order chi connectivity index (χ0) is 15.1. The lowest BCUT2D eigenvalue weighted by Crippen LogP contribution is -2.40. The molecule has 1 aliphatic heterocycles. The van der Waals surface area contributed by atoms with Gasteiger partial charge in [-0.05, 0) is 6.92 Å². The number of carbonyl (C=O) groups excluding carboxylic acids is 1. The highest BCUT2D eigenvalue weighted by molar-refractivity contribution is 5.84. The first-order chi connectivity index (χ1) is 9.17. The minimum Gasteiger partial charge on any atom is -0.368 e. The third kappa shape index (κ3) is 3.02. The van der Waals surface area contributed by atoms with E-state index in [1.54, 1.807) is 6.92 Å². The average Bonchev–Trinajstić information content (AvgIpc) is 2.79. The molecule has 0 bridgehead atoms. The SMILES string of the molecule is Cc1cn(CC(F)(F)F)nc1N1CC(F)CC1C(N)=O. The Kier molecular flexibility index (Phi) is 3.61. The van der Waals surface area contributed by atoms with Gasteiger partial charge in [-0.1, -0.05) is 0 Å². The van der Waals surface area contributed by atoms with Crippen molar-refractivity contribution < 1.29 is 22.4 Å². The number of aryl methyl sites for hydroxylation is 1. The van der Waals surface area contributed by atoms with Crippen molar-refractivity contribution in [2.75, 3.05) is 11.4 Å². The number of hydrogen-bond donors (Lipinski definition) is 1. The number of amides is 1. The van der Waals surface area contributed by atoms with Crippen molar-refractivity contribution in [3.63, 3.8) is 0 Å². The standard InChI is InChI=1S/C11H14F4N4O/c1-6-3-18(5-11(13,14)15)17-10(6)19-4-7(12)2-8(19)9(16)20/h3,7-8H,2,4-5H2,1H3,(H2,16,20). The Labute approximate surface area is 112 Å². The van der Waals surface area contributed by atoms with Crippen molar-refractivity contribution >= 4 is 11.7 Å². The first-order valence-corrected chi connectivity index (χ1v) is 5.98. The second kappa shape index (κ2) is 4.95. The van der Waals surface area contributed by atoms with Crippen molar-refractivity contribution in [3.05, 3.63) is 11.8 Å². The molecule has 1 saturated heterocycles. The summed E-state index contributed by atoms with van der Waals surface area (Å²) >= 11 is 0. The number of aromatic nitrogens is 2. The van der Waals surface area contributed by atoms with Gasteiger partial charge in [-0.2, -0.15) is 18.3 Å². The van der Waals surface area contributed by atoms with Gasteiger partial charge in [0.2, 0.25) is 5.91 Å². The molecule has 0 spiro atoms. The Balaban J connectivity index is 2.26. The predicted molar refractivity (Wildman–Crippen MR) is 62.9 cm³/mol. The maximum absolute atomic E-state index is 13.4. The molecule has 9 heteroatoms. The summed E-state index contributed by atoms with van der Waals surface area (Å²) in [6.07, 6.45) is -4.50. The second-order valence-electron chi connectivity index (χ2n) is 4.85. The predicted octanol–water partition coefficient (Wildman–Crippen LogP) is 1.16. The molecule has 20 heavy (non-hydrogen) atoms. The van der Waals surface area contributed by atoms with Crippen LogP contribution in [-0.2, 0) is 11.3 Å². The molecule has 112 valence electrons. The molecule has 1 aliphatic rings. The van der Waals surface area contributed by atoms with E-state index in [9.17, 15) is 22.4 Å². The fraction of sp³-hybridized carbons (Fsp3) is 0.636. The number of anilines is 1. The minimum atomic E-state index is -4.40. The van der Waals surface area contributed by atoms with E-state index in [-0.39, 0.29) is 18.8 Å². The lowest BCUT2D eigenvalue weighted by atomic mass is 10.2. The molecule has 2 unspecified atom stereocenters. The molecule has 0 aliphatic carbocycles. The van der Waals surface area contributed by atoms with Crippen LogP contribution in [0.2, 0.25) is 0 Å². The lowest BCUT2D eigenvalue weighted by molar-refractivity contribution is -0.142. The molecule has 0 saturated carbocycles. The van der Waals surface area contributed by atoms with Gasteiger partial charge in [0.1, 0.15) is 18.8 Å². The summed E-state index contributed by atoms with van der Waals surface area (Å²) in [6, 6.07) is -0.877. The third-order valence-corrected chi connectivity index (χ3v) is 3.11. The number of primary amides is 1. The van der Waals surface area contributed by atoms with Crippen LogP contribution < -0.4 is 10.6 Å². The van der Waals surface area contributed by atoms with E-state index < -0.39 is 30.8 Å². The molecule has 2 atom stereocenters. The summed E-state index contributed by atoms with van der Waals surface area (Å²) in [5, 5.41) is 3.79. The van der Waals surface area contributed by atoms with Gasteiger partial charge in [0, 0.05) is 18.2 Å². The van der Waals surface area contributed by atoms with Crippen LogP contribution >= 0.6 is 0 Å². The van der Waals surface area contributed by atoms with E-state index in [0.717, 1.165) is 4.68 Å². The van der Waals surface area contributed by atoms with Crippen LogP contribution in [-0.4, -0.2) is 40.6 Å². The molecule has 1 amide bonds. The average molecular weight is 294 g/mol. The van der Waals surface area contributed by atoms with Crippen LogP contribution in [0.1, 0.15) is 12.0 Å². The number of carbonyl (C=O) groups is 1. The summed E-state index contributed by atoms with van der Waals surface area (Å²) in [6.45, 7) is 0.221. The monoisotopic (exact) mass is 294 g/mol. The summed E-state index contributed by atoms with van der Waals surface area (Å²) in [5.74, 6) is -0.548. The summed E-state index contributed by atoms with van der Waals surface area (Å²) in [7, 11) is 0. The van der Waals surface area contributed by atoms with Crippen molar-refractivity contribution in [1.29, 1.82) is 0 Å². The molecule has 2 rings (SSSR count). The van der Waals surface area contributed by atoms with Crippen LogP contribution in [0.15, 0.2) is 6.20 Å². The zero-order valence-electron chi connectivity index (χ0n) is 10.7. The number of nitrogens with two attached hydrogens (primary N) is 1. The highest BCUT2D eigenvalue weighted by Crippen LogP contribution is 2.29. The maximum Gasteiger partial charge on any atom is 0.408 e. The summed E-state index contributed by atoms with van der Waals surface area (Å²) < 4.78 is 51.1. The van der Waals surface area contributed by atoms with Crippen molar-refractivity contribution in [1.82, 2.24) is 9.78 Å². The van der Waals surface area contributed by atoms with Crippen LogP contribution in [0.3, 0.4) is 0 Å². The van der Waals surface area contributed by atoms with Gasteiger partial charge in [-0.3, -0.25) is 9.48 Å². The molecule has 1 aromatic rings. The summed E-state index contributed by atoms with van der Waals surface area (Å²) in [4.78, 5) is 12.6. The molecular formula is C11H14F4N4O. The number of rotatable bonds is 3. The maximum atomic E-state index is 13.4. The van der Waals surface area contributed by atoms with E-state index in [2.05, 4.69) is 5.10 Å². The van der Waals surface area contributed by atoms with Crippen LogP contribution in [0.5, 0.6) is 0 Å². The Morgan fingerprint density at radius 2 is 2.20 bits per heavy atom. The molecule has 2 heterocycles. The zero-order valence-corrected chi connectivity index (χ0v) is 10.7. The molecular weight excluding hydrogens is 280 g/mol. The minimum absolute atomic E-state index is 0.0685. The van der Waals surface area contributed by atoms with E-state index in [4.69, 9.17) is 5.73 Å². The fourth-order valence-corrected chi connectivity index (χ4v) is 2.35. The Morgan fingerprint density at radius 3 is 2.75 bits per heavy atom. The molecule has 5 nitrogen and oxygen atoms in total. The van der Waals surface area contributed by atoms with E-state index in [1.165, 1.54) is 11.1 Å². The number of nitrogens with zero attached hydrogens (tertiary/aromatic N) is 3. The number of hydrogen-bond acceptors (Lipinski definition) is 3. The smallest absolute Gasteiger partial charge is 0.368 e. The number of alkyl halides is 4. The quantitative estimate of drug-likeness (QED) is 0.851. The van der Waals surface area contributed by atoms with Crippen LogP contribution in [0.25, 0.3) is 0 Å². The van der Waals surface area contributed by atoms with E-state index in [1.807, 2.05) is 0 Å². The van der Waals surface area contributed by atoms with Crippen LogP contribution in [0.4, 0.5) is 23.4 Å². The lowest BCUT2D eigenvalue weighted by Gasteiger charge is -2.22. The van der Waals surface area contributed by atoms with Gasteiger partial charge in [0.05, 0.1) is 6.54 Å². The third-order valence-electron chi connectivity index (χ3n) is 3.11. The highest BCUT2D eigenvalue weighted by Gasteiger charge is 2.38. The largest absolute Gasteiger partial charge is 0.408 e. The van der Waals surface area contributed by atoms with Gasteiger partial charge in [0.15, 0.2) is 5.82 Å². The van der Waals surface area contributed by atoms with Crippen molar-refractivity contribution in [2.24, 2.45) is 5.73 Å². The van der Waals surface area contributed by atoms with Gasteiger partial charge in [0.25, 0.3) is 0 Å². The van der Waals surface area contributed by atoms with Crippen molar-refractivity contribution in [3.8, 4) is 0 Å². The number of halogens is 4. The second-order valence-corrected chi connectivity index (χ2v) is 4.85. The topological polar surface area (TPSA) is 64.2 Å². The van der Waals surface area contributed by atoms with Gasteiger partial charge < -0.3 is 10.6 Å². The summed E-state index contributed by atoms with van der Waals surface area (Å²) in [5.41, 5.74) is 5.62. The highest BCUT2D eigenvalue weighted by atomic mass is 19.4. The van der Waals surface area contributed by atoms with Gasteiger partial charge in [-0.15, -0.1) is 0 Å². The van der Waals surface area contributed by atoms with Gasteiger partial charge >= 0.3 is 6.18 Å². The van der Waals surface area contributed by atoms with Crippen molar-refractivity contribution in [2.45, 2.75) is 38.3 Å². The Morgan fingerprint density at radius 1 is 1.55 bits per heavy atom. The molecule has 0 radical (unpaired) electrons. The van der Waals surface area contributed by atoms with E-state index >= 15 is 0 Å². The molecule has 0 aromatic carbocycles. The molecule has 2 N–H and O–H groups in total. The van der Waals surface area contributed by atoms with Crippen LogP contribution in [0, 0.1) is 6.92 Å².